The quantitative estimate of drug-likeness (QED) is 0.703. The molecule has 0 radical (unpaired) electrons. The van der Waals surface area contributed by atoms with Crippen LogP contribution in [0.25, 0.3) is 0 Å². The Bertz CT molecular complexity index is 165. The van der Waals surface area contributed by atoms with Crippen molar-refractivity contribution in [1.29, 1.82) is 0 Å². The Kier molecular flexibility index (Phi) is 2.89. The van der Waals surface area contributed by atoms with Gasteiger partial charge in [0.2, 0.25) is 0 Å². The van der Waals surface area contributed by atoms with Crippen LogP contribution in [0.5, 0.6) is 0 Å². The summed E-state index contributed by atoms with van der Waals surface area (Å²) in [4.78, 5) is 0. The lowest BCUT2D eigenvalue weighted by Crippen LogP contribution is -2.31. The van der Waals surface area contributed by atoms with Gasteiger partial charge in [-0.1, -0.05) is 6.92 Å². The molecule has 2 nitrogen and oxygen atoms in total. The van der Waals surface area contributed by atoms with Crippen LogP contribution in [-0.2, 0) is 4.74 Å². The van der Waals surface area contributed by atoms with E-state index in [-0.39, 0.29) is 0 Å². The van der Waals surface area contributed by atoms with Crippen LogP contribution in [-0.4, -0.2) is 26.3 Å². The molecule has 76 valence electrons. The summed E-state index contributed by atoms with van der Waals surface area (Å²) < 4.78 is 5.47. The molecule has 0 aromatic carbocycles. The minimum Gasteiger partial charge on any atom is -0.381 e. The smallest absolute Gasteiger partial charge is 0.0497 e. The fourth-order valence-corrected chi connectivity index (χ4v) is 3.16. The van der Waals surface area contributed by atoms with E-state index in [1.165, 1.54) is 19.3 Å². The maximum absolute atomic E-state index is 5.47. The van der Waals surface area contributed by atoms with Crippen molar-refractivity contribution in [2.75, 3.05) is 20.3 Å². The van der Waals surface area contributed by atoms with Gasteiger partial charge in [0.25, 0.3) is 0 Å². The molecule has 4 atom stereocenters. The number of hydrogen-bond acceptors (Lipinski definition) is 2. The van der Waals surface area contributed by atoms with Gasteiger partial charge in [-0.2, -0.15) is 0 Å². The molecule has 1 aliphatic carbocycles. The Balaban J connectivity index is 1.93. The predicted octanol–water partition coefficient (Wildman–Crippen LogP) is 1.66. The number of hydrogen-bond donors (Lipinski definition) is 1. The molecule has 13 heavy (non-hydrogen) atoms. The lowest BCUT2D eigenvalue weighted by atomic mass is 9.83. The SMILES string of the molecule is CNC1CCC(C2CCOC2)C1C. The fourth-order valence-electron chi connectivity index (χ4n) is 3.16. The number of rotatable bonds is 2. The van der Waals surface area contributed by atoms with Crippen LogP contribution in [0.15, 0.2) is 0 Å². The maximum atomic E-state index is 5.47. The predicted molar refractivity (Wildman–Crippen MR) is 53.7 cm³/mol. The van der Waals surface area contributed by atoms with Crippen LogP contribution in [0.2, 0.25) is 0 Å². The lowest BCUT2D eigenvalue weighted by molar-refractivity contribution is 0.161. The largest absolute Gasteiger partial charge is 0.381 e. The Morgan fingerprint density at radius 3 is 2.62 bits per heavy atom. The van der Waals surface area contributed by atoms with Gasteiger partial charge in [0.15, 0.2) is 0 Å². The average Bonchev–Trinajstić information content (AvgIpc) is 2.72. The fraction of sp³-hybridized carbons (Fsp3) is 1.00. The van der Waals surface area contributed by atoms with Gasteiger partial charge in [-0.3, -0.25) is 0 Å². The van der Waals surface area contributed by atoms with Crippen molar-refractivity contribution < 1.29 is 4.74 Å². The van der Waals surface area contributed by atoms with Gasteiger partial charge in [0.05, 0.1) is 0 Å². The molecule has 2 fully saturated rings. The molecule has 0 aromatic heterocycles. The molecule has 2 heteroatoms. The Morgan fingerprint density at radius 1 is 1.23 bits per heavy atom. The second kappa shape index (κ2) is 3.97. The van der Waals surface area contributed by atoms with Crippen LogP contribution in [0.1, 0.15) is 26.2 Å². The summed E-state index contributed by atoms with van der Waals surface area (Å²) in [7, 11) is 2.09. The van der Waals surface area contributed by atoms with Crippen molar-refractivity contribution >= 4 is 0 Å². The molecule has 1 saturated carbocycles. The lowest BCUT2D eigenvalue weighted by Gasteiger charge is -2.24. The summed E-state index contributed by atoms with van der Waals surface area (Å²) in [5.41, 5.74) is 0. The normalized spacial score (nSPS) is 45.7. The minimum absolute atomic E-state index is 0.755. The summed E-state index contributed by atoms with van der Waals surface area (Å²) in [5, 5.41) is 3.43. The van der Waals surface area contributed by atoms with E-state index in [2.05, 4.69) is 19.3 Å². The Hall–Kier alpha value is -0.0800. The average molecular weight is 183 g/mol. The molecular formula is C11H21NO. The second-order valence-electron chi connectivity index (χ2n) is 4.62. The molecule has 1 heterocycles. The molecule has 1 N–H and O–H groups in total. The van der Waals surface area contributed by atoms with Gasteiger partial charge in [0, 0.05) is 19.3 Å². The Morgan fingerprint density at radius 2 is 2.08 bits per heavy atom. The summed E-state index contributed by atoms with van der Waals surface area (Å²) in [5.74, 6) is 2.62. The van der Waals surface area contributed by atoms with E-state index in [9.17, 15) is 0 Å². The third-order valence-corrected chi connectivity index (χ3v) is 4.06. The highest BCUT2D eigenvalue weighted by Gasteiger charge is 2.37. The zero-order chi connectivity index (χ0) is 9.26. The first-order valence-electron chi connectivity index (χ1n) is 5.58. The topological polar surface area (TPSA) is 21.3 Å². The third kappa shape index (κ3) is 1.75. The van der Waals surface area contributed by atoms with Crippen LogP contribution in [0.3, 0.4) is 0 Å². The highest BCUT2D eigenvalue weighted by Crippen LogP contribution is 2.39. The third-order valence-electron chi connectivity index (χ3n) is 4.06. The van der Waals surface area contributed by atoms with Crippen LogP contribution >= 0.6 is 0 Å². The molecule has 1 aliphatic heterocycles. The number of nitrogens with one attached hydrogen (secondary N) is 1. The minimum atomic E-state index is 0.755. The van der Waals surface area contributed by atoms with Crippen molar-refractivity contribution in [3.05, 3.63) is 0 Å². The zero-order valence-corrected chi connectivity index (χ0v) is 8.75. The van der Waals surface area contributed by atoms with Crippen molar-refractivity contribution in [3.63, 3.8) is 0 Å². The van der Waals surface area contributed by atoms with E-state index in [4.69, 9.17) is 4.74 Å². The van der Waals surface area contributed by atoms with Gasteiger partial charge >= 0.3 is 0 Å². The van der Waals surface area contributed by atoms with Crippen LogP contribution in [0, 0.1) is 17.8 Å². The van der Waals surface area contributed by atoms with Gasteiger partial charge in [-0.25, -0.2) is 0 Å². The molecule has 1 saturated heterocycles. The van der Waals surface area contributed by atoms with Gasteiger partial charge in [-0.05, 0) is 44.1 Å². The summed E-state index contributed by atoms with van der Waals surface area (Å²) in [6.45, 7) is 4.42. The monoisotopic (exact) mass is 183 g/mol. The highest BCUT2D eigenvalue weighted by atomic mass is 16.5. The standard InChI is InChI=1S/C11H21NO/c1-8-10(3-4-11(8)12-2)9-5-6-13-7-9/h8-12H,3-7H2,1-2H3. The first-order chi connectivity index (χ1) is 6.33. The van der Waals surface area contributed by atoms with Gasteiger partial charge in [-0.15, -0.1) is 0 Å². The van der Waals surface area contributed by atoms with Crippen molar-refractivity contribution in [3.8, 4) is 0 Å². The van der Waals surface area contributed by atoms with Gasteiger partial charge < -0.3 is 10.1 Å². The molecular weight excluding hydrogens is 162 g/mol. The summed E-state index contributed by atoms with van der Waals surface area (Å²) in [6.07, 6.45) is 4.06. The molecule has 2 aliphatic rings. The molecule has 0 spiro atoms. The maximum Gasteiger partial charge on any atom is 0.0497 e. The summed E-state index contributed by atoms with van der Waals surface area (Å²) >= 11 is 0. The van der Waals surface area contributed by atoms with Crippen molar-refractivity contribution in [2.45, 2.75) is 32.2 Å². The number of ether oxygens (including phenoxy) is 1. The second-order valence-corrected chi connectivity index (χ2v) is 4.62. The van der Waals surface area contributed by atoms with E-state index in [0.29, 0.717) is 0 Å². The van der Waals surface area contributed by atoms with E-state index in [0.717, 1.165) is 37.0 Å². The van der Waals surface area contributed by atoms with E-state index in [1.807, 2.05) is 0 Å². The highest BCUT2D eigenvalue weighted by molar-refractivity contribution is 4.90. The first-order valence-corrected chi connectivity index (χ1v) is 5.58. The van der Waals surface area contributed by atoms with E-state index in [1.54, 1.807) is 0 Å². The first kappa shape index (κ1) is 9.47. The van der Waals surface area contributed by atoms with Crippen molar-refractivity contribution in [2.24, 2.45) is 17.8 Å². The Labute approximate surface area is 81.0 Å². The van der Waals surface area contributed by atoms with Crippen LogP contribution in [0.4, 0.5) is 0 Å². The van der Waals surface area contributed by atoms with Crippen LogP contribution < -0.4 is 5.32 Å². The molecule has 4 unspecified atom stereocenters. The van der Waals surface area contributed by atoms with Gasteiger partial charge in [0.1, 0.15) is 0 Å². The zero-order valence-electron chi connectivity index (χ0n) is 8.75. The molecule has 0 aromatic rings. The molecule has 2 rings (SSSR count). The molecule has 0 amide bonds. The van der Waals surface area contributed by atoms with E-state index < -0.39 is 0 Å². The van der Waals surface area contributed by atoms with Crippen molar-refractivity contribution in [1.82, 2.24) is 5.32 Å². The van der Waals surface area contributed by atoms with E-state index >= 15 is 0 Å². The summed E-state index contributed by atoms with van der Waals surface area (Å²) in [6, 6.07) is 0.755. The molecule has 0 bridgehead atoms.